The SMILES string of the molecule is C=O.CC.CC1CN(C)CC1C#N.COc1ccccn1.NC(=O)c1cc2cc(C(F)(F)P(=O)(O)O)ccc2s1.O=CN1CCC(=O)N2CCC[C@@H]2CC1. The first-order valence-corrected chi connectivity index (χ1v) is 19.6. The van der Waals surface area contributed by atoms with E-state index in [9.17, 15) is 27.7 Å². The lowest BCUT2D eigenvalue weighted by atomic mass is 10.0. The number of halogens is 2. The molecule has 3 fully saturated rings. The van der Waals surface area contributed by atoms with Crippen LogP contribution in [0.25, 0.3) is 10.1 Å². The van der Waals surface area contributed by atoms with Crippen LogP contribution in [0.4, 0.5) is 8.78 Å². The van der Waals surface area contributed by atoms with E-state index in [0.29, 0.717) is 35.5 Å². The molecule has 4 N–H and O–H groups in total. The normalized spacial score (nSPS) is 19.4. The third-order valence-corrected chi connectivity index (χ3v) is 10.6. The van der Waals surface area contributed by atoms with Crippen molar-refractivity contribution in [1.29, 1.82) is 5.26 Å². The Morgan fingerprint density at radius 1 is 1.15 bits per heavy atom. The molecule has 3 aromatic rings. The van der Waals surface area contributed by atoms with Crippen molar-refractivity contribution in [3.8, 4) is 11.9 Å². The third kappa shape index (κ3) is 14.1. The summed E-state index contributed by atoms with van der Waals surface area (Å²) < 4.78 is 43.1. The number of thiophene rings is 1. The van der Waals surface area contributed by atoms with E-state index in [1.165, 1.54) is 12.1 Å². The van der Waals surface area contributed by atoms with Crippen molar-refractivity contribution in [2.45, 2.75) is 58.2 Å². The van der Waals surface area contributed by atoms with Crippen molar-refractivity contribution in [2.75, 3.05) is 46.9 Å². The summed E-state index contributed by atoms with van der Waals surface area (Å²) in [6.45, 7) is 12.5. The van der Waals surface area contributed by atoms with Gasteiger partial charge in [0.2, 0.25) is 18.2 Å². The molecule has 3 atom stereocenters. The van der Waals surface area contributed by atoms with Crippen molar-refractivity contribution in [2.24, 2.45) is 17.6 Å². The predicted molar refractivity (Wildman–Crippen MR) is 203 cm³/mol. The number of primary amides is 1. The number of aromatic nitrogens is 1. The molecule has 0 spiro atoms. The Morgan fingerprint density at radius 3 is 2.31 bits per heavy atom. The number of amides is 3. The van der Waals surface area contributed by atoms with Crippen LogP contribution in [0, 0.1) is 23.2 Å². The highest BCUT2D eigenvalue weighted by Gasteiger charge is 2.50. The zero-order valence-electron chi connectivity index (χ0n) is 31.3. The number of benzene rings is 1. The number of rotatable bonds is 5. The minimum atomic E-state index is -5.60. The Kier molecular flexibility index (Phi) is 20.7. The minimum absolute atomic E-state index is 0.187. The summed E-state index contributed by atoms with van der Waals surface area (Å²) in [6, 6.07) is 12.7. The van der Waals surface area contributed by atoms with Gasteiger partial charge in [0.15, 0.2) is 0 Å². The number of nitrogens with two attached hydrogens (primary N) is 1. The highest BCUT2D eigenvalue weighted by Crippen LogP contribution is 2.59. The number of likely N-dealkylation sites (tertiary alicyclic amines) is 1. The van der Waals surface area contributed by atoms with E-state index in [2.05, 4.69) is 29.9 Å². The number of pyridine rings is 1. The third-order valence-electron chi connectivity index (χ3n) is 8.49. The molecule has 0 radical (unpaired) electrons. The Morgan fingerprint density at radius 2 is 1.83 bits per heavy atom. The quantitative estimate of drug-likeness (QED) is 0.229. The maximum Gasteiger partial charge on any atom is 0.399 e. The highest BCUT2D eigenvalue weighted by atomic mass is 32.1. The molecule has 2 aromatic heterocycles. The van der Waals surface area contributed by atoms with E-state index in [0.717, 1.165) is 75.3 Å². The number of methoxy groups -OCH3 is 1. The summed E-state index contributed by atoms with van der Waals surface area (Å²) >= 11 is 1.02. The van der Waals surface area contributed by atoms with Crippen molar-refractivity contribution in [1.82, 2.24) is 19.7 Å². The Hall–Kier alpha value is -4.33. The lowest BCUT2D eigenvalue weighted by Crippen LogP contribution is -2.42. The summed E-state index contributed by atoms with van der Waals surface area (Å²) in [5.41, 5.74) is -0.00188. The molecule has 5 heterocycles. The first-order valence-electron chi connectivity index (χ1n) is 17.2. The highest BCUT2D eigenvalue weighted by molar-refractivity contribution is 7.52. The van der Waals surface area contributed by atoms with Crippen LogP contribution < -0.4 is 10.5 Å². The number of ether oxygens (including phenoxy) is 1. The predicted octanol–water partition coefficient (Wildman–Crippen LogP) is 5.10. The second-order valence-corrected chi connectivity index (χ2v) is 14.9. The van der Waals surface area contributed by atoms with Gasteiger partial charge in [-0.05, 0) is 61.9 Å². The van der Waals surface area contributed by atoms with E-state index < -0.39 is 24.7 Å². The van der Waals surface area contributed by atoms with Crippen LogP contribution in [0.3, 0.4) is 0 Å². The number of nitriles is 1. The molecule has 14 nitrogen and oxygen atoms in total. The van der Waals surface area contributed by atoms with E-state index in [-0.39, 0.29) is 22.1 Å². The van der Waals surface area contributed by atoms with E-state index in [4.69, 9.17) is 30.3 Å². The number of alkyl halides is 2. The van der Waals surface area contributed by atoms with Crippen LogP contribution in [-0.2, 0) is 24.6 Å². The first-order chi connectivity index (χ1) is 25.6. The van der Waals surface area contributed by atoms with E-state index in [1.807, 2.05) is 37.7 Å². The molecular formula is C36H51F2N6O8PS. The molecule has 54 heavy (non-hydrogen) atoms. The second-order valence-electron chi connectivity index (χ2n) is 12.2. The summed E-state index contributed by atoms with van der Waals surface area (Å²) in [6.07, 6.45) is 6.23. The number of nitrogens with zero attached hydrogens (tertiary/aromatic N) is 5. The Balaban J connectivity index is 0.000000367. The second kappa shape index (κ2) is 23.5. The number of carbonyl (C=O) groups excluding carboxylic acids is 4. The fourth-order valence-corrected chi connectivity index (χ4v) is 7.11. The average Bonchev–Trinajstić information content (AvgIpc) is 3.90. The molecule has 2 unspecified atom stereocenters. The van der Waals surface area contributed by atoms with Gasteiger partial charge in [0, 0.05) is 67.7 Å². The van der Waals surface area contributed by atoms with E-state index >= 15 is 0 Å². The molecule has 3 saturated heterocycles. The molecule has 3 aliphatic heterocycles. The summed E-state index contributed by atoms with van der Waals surface area (Å²) in [5.74, 6) is 1.03. The molecule has 6 rings (SSSR count). The molecule has 3 amide bonds. The van der Waals surface area contributed by atoms with Gasteiger partial charge in [0.05, 0.1) is 24.0 Å². The van der Waals surface area contributed by atoms with Crippen LogP contribution in [0.1, 0.15) is 61.7 Å². The number of carbonyl (C=O) groups is 4. The lowest BCUT2D eigenvalue weighted by molar-refractivity contribution is -0.134. The van der Waals surface area contributed by atoms with Crippen LogP contribution >= 0.6 is 18.9 Å². The first kappa shape index (κ1) is 47.7. The maximum absolute atomic E-state index is 13.5. The Bertz CT molecular complexity index is 1710. The van der Waals surface area contributed by atoms with Crippen LogP contribution in [0.2, 0.25) is 0 Å². The zero-order chi connectivity index (χ0) is 41.1. The van der Waals surface area contributed by atoms with Crippen LogP contribution in [-0.4, -0.2) is 107 Å². The molecule has 3 aliphatic rings. The van der Waals surface area contributed by atoms with Gasteiger partial charge < -0.3 is 39.8 Å². The lowest BCUT2D eigenvalue weighted by Gasteiger charge is -2.30. The maximum atomic E-state index is 13.5. The van der Waals surface area contributed by atoms with E-state index in [1.54, 1.807) is 24.3 Å². The van der Waals surface area contributed by atoms with Crippen molar-refractivity contribution < 1.29 is 47.0 Å². The van der Waals surface area contributed by atoms with Crippen LogP contribution in [0.15, 0.2) is 48.7 Å². The molecule has 18 heteroatoms. The summed E-state index contributed by atoms with van der Waals surface area (Å²) in [4.78, 5) is 68.6. The molecule has 0 aliphatic carbocycles. The molecule has 1 aromatic carbocycles. The van der Waals surface area contributed by atoms with Gasteiger partial charge in [0.1, 0.15) is 6.79 Å². The van der Waals surface area contributed by atoms with Crippen molar-refractivity contribution in [3.05, 3.63) is 59.1 Å². The van der Waals surface area contributed by atoms with Gasteiger partial charge >= 0.3 is 13.3 Å². The fraction of sp³-hybridized carbons (Fsp3) is 0.500. The number of hydrogen-bond donors (Lipinski definition) is 3. The topological polar surface area (TPSA) is 207 Å². The van der Waals surface area contributed by atoms with Gasteiger partial charge in [-0.2, -0.15) is 14.0 Å². The minimum Gasteiger partial charge on any atom is -0.481 e. The number of hydrogen-bond acceptors (Lipinski definition) is 10. The van der Waals surface area contributed by atoms with Gasteiger partial charge in [-0.3, -0.25) is 18.9 Å². The summed E-state index contributed by atoms with van der Waals surface area (Å²) in [5, 5.41) is 8.86. The van der Waals surface area contributed by atoms with Crippen molar-refractivity contribution >= 4 is 54.0 Å². The average molecular weight is 797 g/mol. The van der Waals surface area contributed by atoms with Gasteiger partial charge in [-0.25, -0.2) is 4.98 Å². The molecule has 298 valence electrons. The molecule has 0 saturated carbocycles. The van der Waals surface area contributed by atoms with Gasteiger partial charge in [-0.15, -0.1) is 11.3 Å². The zero-order valence-corrected chi connectivity index (χ0v) is 33.0. The van der Waals surface area contributed by atoms with Gasteiger partial charge in [0.25, 0.3) is 5.91 Å². The largest absolute Gasteiger partial charge is 0.481 e. The fourth-order valence-electron chi connectivity index (χ4n) is 5.74. The molecular weight excluding hydrogens is 745 g/mol. The number of fused-ring (bicyclic) bond motifs is 2. The smallest absolute Gasteiger partial charge is 0.399 e. The van der Waals surface area contributed by atoms with Crippen molar-refractivity contribution in [3.63, 3.8) is 0 Å². The van der Waals surface area contributed by atoms with Gasteiger partial charge in [-0.1, -0.05) is 32.9 Å². The standard InChI is InChI=1S/C10H8F2NO4PS.C10H16N2O2.C7H12N2.C6H7NO.C2H6.CH2O/c11-10(12,18(15,16)17)6-1-2-7-5(3-6)4-8(19-7)9(13)14;13-8-11-6-3-9-2-1-5-12(9)10(14)4-7-11;1-6-4-9(2)5-7(6)3-8;1-8-6-4-2-3-5-7-6;2*1-2/h1-4H,(H2,13,14)(H2,15,16,17);8-9H,1-7H2;6-7H,4-5H2,1-2H3;2-5H,1H3;1-2H3;1H2/t;9-;;;;/m.1..../s1. The summed E-state index contributed by atoms with van der Waals surface area (Å²) in [7, 11) is -1.94. The van der Waals surface area contributed by atoms with Crippen LogP contribution in [0.5, 0.6) is 5.88 Å². The monoisotopic (exact) mass is 796 g/mol. The Labute approximate surface area is 319 Å². The molecule has 0 bridgehead atoms.